The average Bonchev–Trinajstić information content (AvgIpc) is 2.38. The monoisotopic (exact) mass is 256 g/mol. The summed E-state index contributed by atoms with van der Waals surface area (Å²) in [4.78, 5) is 25.0. The van der Waals surface area contributed by atoms with Crippen LogP contribution >= 0.6 is 0 Å². The summed E-state index contributed by atoms with van der Waals surface area (Å²) in [6.45, 7) is 4.65. The number of nitrogens with zero attached hydrogens (tertiary/aromatic N) is 1. The van der Waals surface area contributed by atoms with Gasteiger partial charge in [-0.25, -0.2) is 4.79 Å². The molecule has 3 unspecified atom stereocenters. The molecule has 0 aliphatic carbocycles. The summed E-state index contributed by atoms with van der Waals surface area (Å²) in [5.41, 5.74) is 0. The molecule has 1 heterocycles. The first-order valence-electron chi connectivity index (χ1n) is 6.71. The third kappa shape index (κ3) is 3.45. The second kappa shape index (κ2) is 6.73. The minimum Gasteiger partial charge on any atom is -0.480 e. The predicted molar refractivity (Wildman–Crippen MR) is 69.3 cm³/mol. The number of likely N-dealkylation sites (N-methyl/N-ethyl adjacent to an activating group) is 1. The highest BCUT2D eigenvalue weighted by molar-refractivity contribution is 5.87. The van der Waals surface area contributed by atoms with Crippen molar-refractivity contribution < 1.29 is 14.7 Å². The van der Waals surface area contributed by atoms with Gasteiger partial charge in [0.15, 0.2) is 0 Å². The van der Waals surface area contributed by atoms with Crippen LogP contribution in [0.4, 0.5) is 0 Å². The van der Waals surface area contributed by atoms with E-state index in [4.69, 9.17) is 0 Å². The van der Waals surface area contributed by atoms with E-state index in [2.05, 4.69) is 5.32 Å². The molecule has 2 N–H and O–H groups in total. The Labute approximate surface area is 109 Å². The Morgan fingerprint density at radius 3 is 2.56 bits per heavy atom. The average molecular weight is 256 g/mol. The van der Waals surface area contributed by atoms with Crippen LogP contribution in [0.5, 0.6) is 0 Å². The van der Waals surface area contributed by atoms with Gasteiger partial charge in [-0.05, 0) is 25.3 Å². The largest absolute Gasteiger partial charge is 0.480 e. The second-order valence-electron chi connectivity index (χ2n) is 5.12. The number of amides is 1. The van der Waals surface area contributed by atoms with Crippen LogP contribution in [0.2, 0.25) is 0 Å². The summed E-state index contributed by atoms with van der Waals surface area (Å²) in [7, 11) is 1.60. The third-order valence-electron chi connectivity index (χ3n) is 3.81. The van der Waals surface area contributed by atoms with Crippen LogP contribution in [0.15, 0.2) is 0 Å². The zero-order valence-electron chi connectivity index (χ0n) is 11.5. The number of carbonyl (C=O) groups is 2. The molecule has 1 aliphatic rings. The number of aliphatic carboxylic acids is 1. The summed E-state index contributed by atoms with van der Waals surface area (Å²) in [6, 6.07) is -0.944. The van der Waals surface area contributed by atoms with E-state index in [0.717, 1.165) is 32.2 Å². The normalized spacial score (nSPS) is 23.2. The number of carboxylic acid groups (broad SMARTS) is 1. The molecule has 104 valence electrons. The van der Waals surface area contributed by atoms with E-state index in [1.165, 1.54) is 4.90 Å². The highest BCUT2D eigenvalue weighted by atomic mass is 16.4. The smallest absolute Gasteiger partial charge is 0.326 e. The first kappa shape index (κ1) is 15.0. The first-order valence-corrected chi connectivity index (χ1v) is 6.71. The van der Waals surface area contributed by atoms with Gasteiger partial charge < -0.3 is 15.3 Å². The van der Waals surface area contributed by atoms with Crippen LogP contribution in [0, 0.1) is 5.92 Å². The van der Waals surface area contributed by atoms with Gasteiger partial charge in [-0.3, -0.25) is 4.79 Å². The van der Waals surface area contributed by atoms with Crippen molar-refractivity contribution in [1.29, 1.82) is 0 Å². The lowest BCUT2D eigenvalue weighted by Gasteiger charge is -2.33. The molecule has 0 spiro atoms. The van der Waals surface area contributed by atoms with Gasteiger partial charge in [0.25, 0.3) is 0 Å². The molecule has 0 saturated carbocycles. The maximum Gasteiger partial charge on any atom is 0.326 e. The van der Waals surface area contributed by atoms with Gasteiger partial charge in [0.2, 0.25) is 5.91 Å². The SMILES string of the molecule is CCC(C)C(C(=O)O)N(C)C(=O)C1CCCCN1. The van der Waals surface area contributed by atoms with Crippen LogP contribution in [0.25, 0.3) is 0 Å². The minimum atomic E-state index is -0.920. The molecule has 1 rings (SSSR count). The van der Waals surface area contributed by atoms with E-state index in [-0.39, 0.29) is 17.9 Å². The summed E-state index contributed by atoms with van der Waals surface area (Å²) in [6.07, 6.45) is 3.65. The van der Waals surface area contributed by atoms with Gasteiger partial charge in [-0.1, -0.05) is 26.7 Å². The highest BCUT2D eigenvalue weighted by Crippen LogP contribution is 2.17. The standard InChI is InChI=1S/C13H24N2O3/c1-4-9(2)11(13(17)18)15(3)12(16)10-7-5-6-8-14-10/h9-11,14H,4-8H2,1-3H3,(H,17,18). The highest BCUT2D eigenvalue weighted by Gasteiger charge is 2.34. The van der Waals surface area contributed by atoms with Gasteiger partial charge in [-0.15, -0.1) is 0 Å². The molecule has 1 fully saturated rings. The van der Waals surface area contributed by atoms with Crippen molar-refractivity contribution in [3.05, 3.63) is 0 Å². The Morgan fingerprint density at radius 1 is 1.44 bits per heavy atom. The van der Waals surface area contributed by atoms with E-state index in [9.17, 15) is 14.7 Å². The fraction of sp³-hybridized carbons (Fsp3) is 0.846. The van der Waals surface area contributed by atoms with E-state index in [1.807, 2.05) is 13.8 Å². The zero-order valence-corrected chi connectivity index (χ0v) is 11.5. The Morgan fingerprint density at radius 2 is 2.11 bits per heavy atom. The third-order valence-corrected chi connectivity index (χ3v) is 3.81. The van der Waals surface area contributed by atoms with Crippen LogP contribution in [0.1, 0.15) is 39.5 Å². The van der Waals surface area contributed by atoms with E-state index >= 15 is 0 Å². The predicted octanol–water partition coefficient (Wildman–Crippen LogP) is 1.09. The van der Waals surface area contributed by atoms with Crippen molar-refractivity contribution in [2.45, 2.75) is 51.6 Å². The fourth-order valence-electron chi connectivity index (χ4n) is 2.46. The van der Waals surface area contributed by atoms with E-state index in [0.29, 0.717) is 0 Å². The number of hydrogen-bond acceptors (Lipinski definition) is 3. The van der Waals surface area contributed by atoms with Crippen molar-refractivity contribution in [2.24, 2.45) is 5.92 Å². The minimum absolute atomic E-state index is 0.0416. The second-order valence-corrected chi connectivity index (χ2v) is 5.12. The van der Waals surface area contributed by atoms with Gasteiger partial charge in [0.1, 0.15) is 6.04 Å². The lowest BCUT2D eigenvalue weighted by Crippen LogP contribution is -2.54. The molecule has 1 saturated heterocycles. The number of carboxylic acids is 1. The Kier molecular flexibility index (Phi) is 5.59. The van der Waals surface area contributed by atoms with Crippen molar-refractivity contribution >= 4 is 11.9 Å². The molecule has 5 nitrogen and oxygen atoms in total. The number of rotatable bonds is 5. The maximum atomic E-state index is 12.3. The molecule has 0 aromatic rings. The molecule has 0 aromatic carbocycles. The molecular weight excluding hydrogens is 232 g/mol. The quantitative estimate of drug-likeness (QED) is 0.772. The van der Waals surface area contributed by atoms with Crippen LogP contribution < -0.4 is 5.32 Å². The van der Waals surface area contributed by atoms with Crippen molar-refractivity contribution in [3.63, 3.8) is 0 Å². The summed E-state index contributed by atoms with van der Waals surface area (Å²) in [5.74, 6) is -1.06. The lowest BCUT2D eigenvalue weighted by molar-refractivity contribution is -0.152. The number of carbonyl (C=O) groups excluding carboxylic acids is 1. The van der Waals surface area contributed by atoms with Crippen LogP contribution in [-0.4, -0.2) is 47.6 Å². The van der Waals surface area contributed by atoms with Gasteiger partial charge in [-0.2, -0.15) is 0 Å². The molecule has 0 radical (unpaired) electrons. The Balaban J connectivity index is 2.72. The number of nitrogens with one attached hydrogen (secondary N) is 1. The van der Waals surface area contributed by atoms with Gasteiger partial charge >= 0.3 is 5.97 Å². The molecule has 3 atom stereocenters. The molecule has 18 heavy (non-hydrogen) atoms. The molecule has 5 heteroatoms. The van der Waals surface area contributed by atoms with Crippen LogP contribution in [0.3, 0.4) is 0 Å². The maximum absolute atomic E-state index is 12.3. The van der Waals surface area contributed by atoms with Crippen LogP contribution in [-0.2, 0) is 9.59 Å². The van der Waals surface area contributed by atoms with Gasteiger partial charge in [0, 0.05) is 7.05 Å². The van der Waals surface area contributed by atoms with Crippen molar-refractivity contribution in [1.82, 2.24) is 10.2 Å². The zero-order chi connectivity index (χ0) is 13.7. The molecule has 0 aromatic heterocycles. The number of hydrogen-bond donors (Lipinski definition) is 2. The molecule has 0 bridgehead atoms. The molecule has 1 amide bonds. The summed E-state index contributed by atoms with van der Waals surface area (Å²) < 4.78 is 0. The molecular formula is C13H24N2O3. The Bertz CT molecular complexity index is 301. The van der Waals surface area contributed by atoms with E-state index < -0.39 is 12.0 Å². The summed E-state index contributed by atoms with van der Waals surface area (Å²) in [5, 5.41) is 12.4. The first-order chi connectivity index (χ1) is 8.49. The lowest BCUT2D eigenvalue weighted by atomic mass is 9.96. The number of piperidine rings is 1. The Hall–Kier alpha value is -1.10. The van der Waals surface area contributed by atoms with Crippen molar-refractivity contribution in [2.75, 3.05) is 13.6 Å². The summed E-state index contributed by atoms with van der Waals surface area (Å²) >= 11 is 0. The fourth-order valence-corrected chi connectivity index (χ4v) is 2.46. The topological polar surface area (TPSA) is 69.6 Å². The van der Waals surface area contributed by atoms with Gasteiger partial charge in [0.05, 0.1) is 6.04 Å². The molecule has 1 aliphatic heterocycles. The van der Waals surface area contributed by atoms with E-state index in [1.54, 1.807) is 7.05 Å². The van der Waals surface area contributed by atoms with Crippen molar-refractivity contribution in [3.8, 4) is 0 Å².